The van der Waals surface area contributed by atoms with Crippen molar-refractivity contribution in [3.05, 3.63) is 0 Å². The lowest BCUT2D eigenvalue weighted by Crippen LogP contribution is -2.43. The van der Waals surface area contributed by atoms with Crippen LogP contribution in [0.15, 0.2) is 0 Å². The summed E-state index contributed by atoms with van der Waals surface area (Å²) in [6, 6.07) is 0. The van der Waals surface area contributed by atoms with Gasteiger partial charge in [-0.3, -0.25) is 0 Å². The van der Waals surface area contributed by atoms with Crippen LogP contribution >= 0.6 is 0 Å². The molecular formula is C14H29NO2. The number of aliphatic hydroxyl groups excluding tert-OH is 1. The van der Waals surface area contributed by atoms with Crippen LogP contribution in [0.3, 0.4) is 0 Å². The molecule has 0 radical (unpaired) electrons. The van der Waals surface area contributed by atoms with Crippen molar-refractivity contribution in [1.29, 1.82) is 0 Å². The molecule has 0 bridgehead atoms. The molecule has 1 aliphatic carbocycles. The Kier molecular flexibility index (Phi) is 6.45. The molecule has 0 heterocycles. The van der Waals surface area contributed by atoms with Crippen LogP contribution in [-0.4, -0.2) is 37.0 Å². The lowest BCUT2D eigenvalue weighted by atomic mass is 9.89. The highest BCUT2D eigenvalue weighted by atomic mass is 16.5. The predicted octanol–water partition coefficient (Wildman–Crippen LogP) is 2.33. The van der Waals surface area contributed by atoms with E-state index >= 15 is 0 Å². The molecule has 1 aliphatic rings. The summed E-state index contributed by atoms with van der Waals surface area (Å²) in [4.78, 5) is 0. The van der Waals surface area contributed by atoms with Gasteiger partial charge in [-0.2, -0.15) is 0 Å². The first-order valence-electron chi connectivity index (χ1n) is 7.01. The van der Waals surface area contributed by atoms with Crippen molar-refractivity contribution in [3.8, 4) is 0 Å². The molecule has 3 nitrogen and oxygen atoms in total. The molecule has 0 saturated heterocycles. The molecule has 1 saturated carbocycles. The second kappa shape index (κ2) is 7.34. The average molecular weight is 243 g/mol. The van der Waals surface area contributed by atoms with Crippen LogP contribution in [0, 0.1) is 5.92 Å². The van der Waals surface area contributed by atoms with E-state index < -0.39 is 0 Å². The SMILES string of the molecule is CNC(C)(CO)CCCOC1CCC(C)CC1. The van der Waals surface area contributed by atoms with Crippen LogP contribution < -0.4 is 5.32 Å². The molecule has 3 heteroatoms. The second-order valence-electron chi connectivity index (χ2n) is 5.82. The monoisotopic (exact) mass is 243 g/mol. The number of likely N-dealkylation sites (N-methyl/N-ethyl adjacent to an activating group) is 1. The Labute approximate surface area is 106 Å². The standard InChI is InChI=1S/C14H29NO2/c1-12-5-7-13(8-6-12)17-10-4-9-14(2,11-16)15-3/h12-13,15-16H,4-11H2,1-3H3. The number of hydrogen-bond acceptors (Lipinski definition) is 3. The fraction of sp³-hybridized carbons (Fsp3) is 1.00. The third kappa shape index (κ3) is 5.36. The van der Waals surface area contributed by atoms with Crippen molar-refractivity contribution >= 4 is 0 Å². The van der Waals surface area contributed by atoms with E-state index in [2.05, 4.69) is 19.2 Å². The second-order valence-corrected chi connectivity index (χ2v) is 5.82. The van der Waals surface area contributed by atoms with Crippen molar-refractivity contribution in [1.82, 2.24) is 5.32 Å². The Morgan fingerprint density at radius 3 is 2.47 bits per heavy atom. The van der Waals surface area contributed by atoms with Crippen LogP contribution in [0.4, 0.5) is 0 Å². The van der Waals surface area contributed by atoms with Crippen molar-refractivity contribution < 1.29 is 9.84 Å². The van der Waals surface area contributed by atoms with Gasteiger partial charge < -0.3 is 15.2 Å². The molecule has 1 fully saturated rings. The van der Waals surface area contributed by atoms with Crippen molar-refractivity contribution in [2.75, 3.05) is 20.3 Å². The molecule has 1 unspecified atom stereocenters. The minimum absolute atomic E-state index is 0.148. The predicted molar refractivity (Wildman–Crippen MR) is 71.2 cm³/mol. The molecule has 17 heavy (non-hydrogen) atoms. The topological polar surface area (TPSA) is 41.5 Å². The fourth-order valence-corrected chi connectivity index (χ4v) is 2.39. The zero-order chi connectivity index (χ0) is 12.7. The number of nitrogens with one attached hydrogen (secondary N) is 1. The Morgan fingerprint density at radius 1 is 1.29 bits per heavy atom. The van der Waals surface area contributed by atoms with Gasteiger partial charge in [-0.25, -0.2) is 0 Å². The Morgan fingerprint density at radius 2 is 1.94 bits per heavy atom. The first-order chi connectivity index (χ1) is 8.09. The van der Waals surface area contributed by atoms with E-state index in [4.69, 9.17) is 4.74 Å². The summed E-state index contributed by atoms with van der Waals surface area (Å²) in [6.45, 7) is 5.39. The van der Waals surface area contributed by atoms with E-state index in [1.807, 2.05) is 7.05 Å². The highest BCUT2D eigenvalue weighted by Gasteiger charge is 2.21. The van der Waals surface area contributed by atoms with E-state index in [1.54, 1.807) is 0 Å². The molecule has 0 aromatic rings. The fourth-order valence-electron chi connectivity index (χ4n) is 2.39. The van der Waals surface area contributed by atoms with Gasteiger partial charge >= 0.3 is 0 Å². The van der Waals surface area contributed by atoms with Gasteiger partial charge in [0.25, 0.3) is 0 Å². The minimum Gasteiger partial charge on any atom is -0.394 e. The van der Waals surface area contributed by atoms with Gasteiger partial charge in [0.2, 0.25) is 0 Å². The minimum atomic E-state index is -0.148. The van der Waals surface area contributed by atoms with Gasteiger partial charge in [-0.05, 0) is 58.4 Å². The lowest BCUT2D eigenvalue weighted by Gasteiger charge is -2.28. The molecule has 0 amide bonds. The summed E-state index contributed by atoms with van der Waals surface area (Å²) in [5.74, 6) is 0.886. The molecule has 1 rings (SSSR count). The van der Waals surface area contributed by atoms with Crippen LogP contribution in [0.2, 0.25) is 0 Å². The molecule has 102 valence electrons. The number of aliphatic hydroxyl groups is 1. The van der Waals surface area contributed by atoms with Crippen molar-refractivity contribution in [3.63, 3.8) is 0 Å². The van der Waals surface area contributed by atoms with Crippen LogP contribution in [0.5, 0.6) is 0 Å². The van der Waals surface area contributed by atoms with E-state index in [-0.39, 0.29) is 12.1 Å². The zero-order valence-corrected chi connectivity index (χ0v) is 11.7. The molecule has 1 atom stereocenters. The molecule has 0 aromatic heterocycles. The van der Waals surface area contributed by atoms with Gasteiger partial charge in [-0.1, -0.05) is 6.92 Å². The number of ether oxygens (including phenoxy) is 1. The normalized spacial score (nSPS) is 28.9. The quantitative estimate of drug-likeness (QED) is 0.674. The van der Waals surface area contributed by atoms with E-state index in [0.717, 1.165) is 25.4 Å². The number of rotatable bonds is 7. The summed E-state index contributed by atoms with van der Waals surface area (Å²) in [5.41, 5.74) is -0.148. The summed E-state index contributed by atoms with van der Waals surface area (Å²) in [6.07, 6.45) is 7.55. The summed E-state index contributed by atoms with van der Waals surface area (Å²) >= 11 is 0. The van der Waals surface area contributed by atoms with Crippen molar-refractivity contribution in [2.24, 2.45) is 5.92 Å². The van der Waals surface area contributed by atoms with Gasteiger partial charge in [0.05, 0.1) is 12.7 Å². The molecular weight excluding hydrogens is 214 g/mol. The Hall–Kier alpha value is -0.120. The van der Waals surface area contributed by atoms with E-state index in [9.17, 15) is 5.11 Å². The first kappa shape index (κ1) is 14.9. The van der Waals surface area contributed by atoms with Crippen LogP contribution in [-0.2, 0) is 4.74 Å². The third-order valence-corrected chi connectivity index (χ3v) is 4.14. The largest absolute Gasteiger partial charge is 0.394 e. The first-order valence-corrected chi connectivity index (χ1v) is 7.01. The van der Waals surface area contributed by atoms with Gasteiger partial charge in [0.15, 0.2) is 0 Å². The lowest BCUT2D eigenvalue weighted by molar-refractivity contribution is 0.0143. The van der Waals surface area contributed by atoms with E-state index in [0.29, 0.717) is 6.10 Å². The molecule has 0 aromatic carbocycles. The van der Waals surface area contributed by atoms with Gasteiger partial charge in [0.1, 0.15) is 0 Å². The van der Waals surface area contributed by atoms with Crippen molar-refractivity contribution in [2.45, 2.75) is 64.0 Å². The summed E-state index contributed by atoms with van der Waals surface area (Å²) in [5, 5.41) is 12.4. The summed E-state index contributed by atoms with van der Waals surface area (Å²) in [7, 11) is 1.90. The van der Waals surface area contributed by atoms with Gasteiger partial charge in [-0.15, -0.1) is 0 Å². The van der Waals surface area contributed by atoms with Crippen LogP contribution in [0.25, 0.3) is 0 Å². The molecule has 0 aliphatic heterocycles. The maximum absolute atomic E-state index is 9.26. The van der Waals surface area contributed by atoms with Crippen LogP contribution in [0.1, 0.15) is 52.4 Å². The molecule has 0 spiro atoms. The van der Waals surface area contributed by atoms with E-state index in [1.165, 1.54) is 25.7 Å². The highest BCUT2D eigenvalue weighted by Crippen LogP contribution is 2.25. The summed E-state index contributed by atoms with van der Waals surface area (Å²) < 4.78 is 5.91. The Bertz CT molecular complexity index is 196. The smallest absolute Gasteiger partial charge is 0.0610 e. The molecule has 2 N–H and O–H groups in total. The number of hydrogen-bond donors (Lipinski definition) is 2. The van der Waals surface area contributed by atoms with Gasteiger partial charge in [0, 0.05) is 12.1 Å². The maximum Gasteiger partial charge on any atom is 0.0610 e. The highest BCUT2D eigenvalue weighted by molar-refractivity contribution is 4.80. The Balaban J connectivity index is 2.08. The maximum atomic E-state index is 9.26. The average Bonchev–Trinajstić information content (AvgIpc) is 2.36. The zero-order valence-electron chi connectivity index (χ0n) is 11.7. The third-order valence-electron chi connectivity index (χ3n) is 4.14.